The van der Waals surface area contributed by atoms with E-state index in [0.29, 0.717) is 26.2 Å². The van der Waals surface area contributed by atoms with Crippen LogP contribution in [0.1, 0.15) is 20.3 Å². The molecule has 0 unspecified atom stereocenters. The largest absolute Gasteiger partial charge is 0.401 e. The van der Waals surface area contributed by atoms with Crippen LogP contribution in [0.5, 0.6) is 0 Å². The van der Waals surface area contributed by atoms with E-state index in [2.05, 4.69) is 19.2 Å². The first kappa shape index (κ1) is 13.7. The Balaban J connectivity index is 0.000000500. The molecule has 0 atom stereocenters. The summed E-state index contributed by atoms with van der Waals surface area (Å²) in [7, 11) is 0. The third-order valence-electron chi connectivity index (χ3n) is 1.61. The average Bonchev–Trinajstić information content (AvgIpc) is 2.04. The zero-order valence-corrected chi connectivity index (χ0v) is 8.82. The van der Waals surface area contributed by atoms with Gasteiger partial charge in [0.1, 0.15) is 0 Å². The van der Waals surface area contributed by atoms with Crippen LogP contribution in [0.15, 0.2) is 0 Å². The Labute approximate surface area is 83.5 Å². The highest BCUT2D eigenvalue weighted by molar-refractivity contribution is 4.69. The molecule has 86 valence electrons. The van der Waals surface area contributed by atoms with E-state index in [1.165, 1.54) is 11.3 Å². The molecule has 0 amide bonds. The van der Waals surface area contributed by atoms with Crippen molar-refractivity contribution in [2.24, 2.45) is 0 Å². The van der Waals surface area contributed by atoms with Gasteiger partial charge in [0, 0.05) is 26.2 Å². The molecule has 2 nitrogen and oxygen atoms in total. The molecule has 0 bridgehead atoms. The number of nitrogens with one attached hydrogen (secondary N) is 1. The van der Waals surface area contributed by atoms with Gasteiger partial charge in [-0.25, -0.2) is 0 Å². The van der Waals surface area contributed by atoms with Crippen LogP contribution in [0.2, 0.25) is 0 Å². The summed E-state index contributed by atoms with van der Waals surface area (Å²) in [5.74, 6) is 0. The van der Waals surface area contributed by atoms with Crippen molar-refractivity contribution in [3.8, 4) is 0 Å². The van der Waals surface area contributed by atoms with Gasteiger partial charge in [0.25, 0.3) is 0 Å². The molecule has 0 aromatic rings. The second-order valence-corrected chi connectivity index (χ2v) is 3.35. The lowest BCUT2D eigenvalue weighted by atomic mass is 10.3. The zero-order chi connectivity index (χ0) is 11.0. The van der Waals surface area contributed by atoms with Crippen molar-refractivity contribution in [2.75, 3.05) is 32.7 Å². The van der Waals surface area contributed by atoms with Crippen LogP contribution in [0.25, 0.3) is 0 Å². The third kappa shape index (κ3) is 8.31. The molecule has 0 spiro atoms. The number of hydrogen-bond acceptors (Lipinski definition) is 2. The lowest BCUT2D eigenvalue weighted by molar-refractivity contribution is -0.146. The molecule has 0 aromatic heterocycles. The number of halogens is 3. The molecule has 14 heavy (non-hydrogen) atoms. The minimum atomic E-state index is -4.04. The van der Waals surface area contributed by atoms with E-state index in [0.717, 1.165) is 0 Å². The van der Waals surface area contributed by atoms with Crippen LogP contribution >= 0.6 is 0 Å². The van der Waals surface area contributed by atoms with E-state index >= 15 is 0 Å². The van der Waals surface area contributed by atoms with Crippen LogP contribution < -0.4 is 5.32 Å². The molecule has 0 radical (unpaired) electrons. The molecule has 0 aliphatic carbocycles. The Morgan fingerprint density at radius 2 is 1.57 bits per heavy atom. The van der Waals surface area contributed by atoms with Gasteiger partial charge >= 0.3 is 6.18 Å². The van der Waals surface area contributed by atoms with Crippen molar-refractivity contribution in [2.45, 2.75) is 26.4 Å². The maximum absolute atomic E-state index is 11.8. The fourth-order valence-electron chi connectivity index (χ4n) is 1.12. The fourth-order valence-corrected chi connectivity index (χ4v) is 1.12. The van der Waals surface area contributed by atoms with Gasteiger partial charge in [-0.05, 0) is 0 Å². The van der Waals surface area contributed by atoms with Gasteiger partial charge in [-0.1, -0.05) is 20.3 Å². The maximum Gasteiger partial charge on any atom is 0.401 e. The smallest absolute Gasteiger partial charge is 0.314 e. The summed E-state index contributed by atoms with van der Waals surface area (Å²) in [6, 6.07) is 0. The van der Waals surface area contributed by atoms with Gasteiger partial charge < -0.3 is 5.32 Å². The first-order chi connectivity index (χ1) is 6.49. The summed E-state index contributed by atoms with van der Waals surface area (Å²) in [5, 5.41) is 2.99. The van der Waals surface area contributed by atoms with Crippen LogP contribution in [0.4, 0.5) is 13.2 Å². The molecule has 1 heterocycles. The summed E-state index contributed by atoms with van der Waals surface area (Å²) < 4.78 is 35.3. The summed E-state index contributed by atoms with van der Waals surface area (Å²) >= 11 is 0. The fraction of sp³-hybridized carbons (Fsp3) is 1.00. The minimum Gasteiger partial charge on any atom is -0.314 e. The van der Waals surface area contributed by atoms with Crippen molar-refractivity contribution >= 4 is 0 Å². The van der Waals surface area contributed by atoms with E-state index in [-0.39, 0.29) is 0 Å². The van der Waals surface area contributed by atoms with Crippen LogP contribution in [0.3, 0.4) is 0 Å². The van der Waals surface area contributed by atoms with Crippen LogP contribution in [-0.2, 0) is 0 Å². The van der Waals surface area contributed by atoms with Crippen molar-refractivity contribution in [3.05, 3.63) is 0 Å². The molecule has 0 aromatic carbocycles. The van der Waals surface area contributed by atoms with E-state index in [9.17, 15) is 13.2 Å². The van der Waals surface area contributed by atoms with Crippen molar-refractivity contribution in [3.63, 3.8) is 0 Å². The Morgan fingerprint density at radius 1 is 1.14 bits per heavy atom. The standard InChI is InChI=1S/C6H11F3N2.C3H8/c7-6(8,9)5-11-3-1-10-2-4-11;1-3-2/h10H,1-5H2;3H2,1-2H3. The van der Waals surface area contributed by atoms with Gasteiger partial charge in [0.15, 0.2) is 0 Å². The highest BCUT2D eigenvalue weighted by Gasteiger charge is 2.30. The Bertz CT molecular complexity index is 131. The van der Waals surface area contributed by atoms with E-state index in [4.69, 9.17) is 0 Å². The molecule has 1 fully saturated rings. The SMILES string of the molecule is CCC.FC(F)(F)CN1CCNCC1. The number of hydrogen-bond donors (Lipinski definition) is 1. The highest BCUT2D eigenvalue weighted by Crippen LogP contribution is 2.16. The average molecular weight is 212 g/mol. The molecule has 1 saturated heterocycles. The summed E-state index contributed by atoms with van der Waals surface area (Å²) in [5.41, 5.74) is 0. The lowest BCUT2D eigenvalue weighted by Crippen LogP contribution is -2.47. The molecular formula is C9H19F3N2. The minimum absolute atomic E-state index is 0.500. The number of rotatable bonds is 1. The summed E-state index contributed by atoms with van der Waals surface area (Å²) in [4.78, 5) is 1.41. The first-order valence-corrected chi connectivity index (χ1v) is 4.99. The predicted molar refractivity (Wildman–Crippen MR) is 51.3 cm³/mol. The second kappa shape index (κ2) is 7.06. The number of nitrogens with zero attached hydrogens (tertiary/aromatic N) is 1. The molecule has 1 aliphatic rings. The van der Waals surface area contributed by atoms with Crippen LogP contribution in [0, 0.1) is 0 Å². The third-order valence-corrected chi connectivity index (χ3v) is 1.61. The Morgan fingerprint density at radius 3 is 1.93 bits per heavy atom. The summed E-state index contributed by atoms with van der Waals surface area (Å²) in [6.45, 7) is 5.81. The molecule has 1 N–H and O–H groups in total. The maximum atomic E-state index is 11.8. The van der Waals surface area contributed by atoms with Gasteiger partial charge in [-0.2, -0.15) is 13.2 Å². The van der Waals surface area contributed by atoms with Crippen molar-refractivity contribution in [1.82, 2.24) is 10.2 Å². The topological polar surface area (TPSA) is 15.3 Å². The number of alkyl halides is 3. The van der Waals surface area contributed by atoms with Crippen molar-refractivity contribution in [1.29, 1.82) is 0 Å². The van der Waals surface area contributed by atoms with Gasteiger partial charge in [0.05, 0.1) is 6.54 Å². The van der Waals surface area contributed by atoms with Gasteiger partial charge in [-0.15, -0.1) is 0 Å². The van der Waals surface area contributed by atoms with Gasteiger partial charge in [-0.3, -0.25) is 4.90 Å². The zero-order valence-electron chi connectivity index (χ0n) is 8.82. The Hall–Kier alpha value is -0.290. The van der Waals surface area contributed by atoms with E-state index in [1.807, 2.05) is 0 Å². The molecule has 1 aliphatic heterocycles. The number of piperazine rings is 1. The monoisotopic (exact) mass is 212 g/mol. The first-order valence-electron chi connectivity index (χ1n) is 4.99. The normalized spacial score (nSPS) is 18.6. The Kier molecular flexibility index (Phi) is 6.92. The predicted octanol–water partition coefficient (Wildman–Crippen LogP) is 1.87. The van der Waals surface area contributed by atoms with Gasteiger partial charge in [0.2, 0.25) is 0 Å². The van der Waals surface area contributed by atoms with Crippen molar-refractivity contribution < 1.29 is 13.2 Å². The molecule has 5 heteroatoms. The highest BCUT2D eigenvalue weighted by atomic mass is 19.4. The van der Waals surface area contributed by atoms with E-state index < -0.39 is 12.7 Å². The second-order valence-electron chi connectivity index (χ2n) is 3.35. The van der Waals surface area contributed by atoms with E-state index in [1.54, 1.807) is 0 Å². The summed E-state index contributed by atoms with van der Waals surface area (Å²) in [6.07, 6.45) is -2.79. The quantitative estimate of drug-likeness (QED) is 0.714. The molecule has 1 rings (SSSR count). The van der Waals surface area contributed by atoms with Crippen LogP contribution in [-0.4, -0.2) is 43.8 Å². The molecular weight excluding hydrogens is 193 g/mol. The molecule has 0 saturated carbocycles. The lowest BCUT2D eigenvalue weighted by Gasteiger charge is -2.27.